The number of benzene rings is 3. The topological polar surface area (TPSA) is 88.6 Å². The monoisotopic (exact) mass is 634 g/mol. The van der Waals surface area contributed by atoms with Crippen molar-refractivity contribution < 1.29 is 40.9 Å². The van der Waals surface area contributed by atoms with Crippen LogP contribution in [0.5, 0.6) is 11.5 Å². The molecule has 0 bridgehead atoms. The minimum atomic E-state index is -4.45. The van der Waals surface area contributed by atoms with Crippen LogP contribution >= 0.6 is 24.4 Å². The first kappa shape index (κ1) is 32.7. The molecule has 15 heteroatoms. The van der Waals surface area contributed by atoms with E-state index >= 15 is 0 Å². The van der Waals surface area contributed by atoms with E-state index in [0.717, 1.165) is 68.1 Å². The Balaban J connectivity index is 0.000000235. The second kappa shape index (κ2) is 14.4. The highest BCUT2D eigenvalue weighted by Crippen LogP contribution is 2.31. The van der Waals surface area contributed by atoms with Crippen molar-refractivity contribution in [3.63, 3.8) is 0 Å². The fourth-order valence-corrected chi connectivity index (χ4v) is 4.40. The van der Waals surface area contributed by atoms with E-state index in [1.54, 1.807) is 0 Å². The first-order valence-corrected chi connectivity index (χ1v) is 13.2. The van der Waals surface area contributed by atoms with Crippen LogP contribution in [0.15, 0.2) is 48.5 Å². The first-order valence-electron chi connectivity index (χ1n) is 12.4. The van der Waals surface area contributed by atoms with Gasteiger partial charge < -0.3 is 31.5 Å². The van der Waals surface area contributed by atoms with E-state index in [-0.39, 0.29) is 22.2 Å². The highest BCUT2D eigenvalue weighted by atomic mass is 32.1. The minimum absolute atomic E-state index is 0.0622. The highest BCUT2D eigenvalue weighted by Gasteiger charge is 2.30. The molecule has 3 aromatic rings. The predicted octanol–water partition coefficient (Wildman–Crippen LogP) is 7.79. The van der Waals surface area contributed by atoms with Gasteiger partial charge in [0.05, 0.1) is 16.9 Å². The van der Waals surface area contributed by atoms with Crippen molar-refractivity contribution in [3.8, 4) is 11.5 Å². The van der Waals surface area contributed by atoms with Gasteiger partial charge in [0.15, 0.2) is 33.4 Å². The van der Waals surface area contributed by atoms with Crippen LogP contribution in [0, 0.1) is 23.3 Å². The summed E-state index contributed by atoms with van der Waals surface area (Å²) >= 11 is 9.99. The minimum Gasteiger partial charge on any atom is -0.503 e. The molecule has 42 heavy (non-hydrogen) atoms. The molecule has 0 aliphatic heterocycles. The molecule has 4 rings (SSSR count). The summed E-state index contributed by atoms with van der Waals surface area (Å²) in [5.74, 6) is -6.74. The van der Waals surface area contributed by atoms with Crippen LogP contribution in [0.2, 0.25) is 0 Å². The number of hydrogen-bond acceptors (Lipinski definition) is 4. The van der Waals surface area contributed by atoms with E-state index in [1.807, 2.05) is 0 Å². The zero-order chi connectivity index (χ0) is 31.0. The van der Waals surface area contributed by atoms with Gasteiger partial charge in [-0.2, -0.15) is 22.0 Å². The molecule has 1 aliphatic rings. The summed E-state index contributed by atoms with van der Waals surface area (Å²) in [7, 11) is 0. The van der Waals surface area contributed by atoms with Crippen molar-refractivity contribution in [3.05, 3.63) is 77.4 Å². The molecular formula is C27H25F7N4O2S2. The van der Waals surface area contributed by atoms with E-state index in [4.69, 9.17) is 24.4 Å². The Labute approximate surface area is 246 Å². The van der Waals surface area contributed by atoms with Gasteiger partial charge in [-0.15, -0.1) is 0 Å². The summed E-state index contributed by atoms with van der Waals surface area (Å²) in [5, 5.41) is 29.9. The van der Waals surface area contributed by atoms with E-state index in [2.05, 4.69) is 21.3 Å². The van der Waals surface area contributed by atoms with Gasteiger partial charge in [0.25, 0.3) is 0 Å². The van der Waals surface area contributed by atoms with Gasteiger partial charge in [0.1, 0.15) is 0 Å². The molecule has 6 N–H and O–H groups in total. The lowest BCUT2D eigenvalue weighted by Gasteiger charge is -2.24. The lowest BCUT2D eigenvalue weighted by atomic mass is 9.96. The van der Waals surface area contributed by atoms with Gasteiger partial charge in [-0.25, -0.2) is 8.78 Å². The number of rotatable bonds is 4. The number of thiocarbonyl (C=S) groups is 2. The zero-order valence-electron chi connectivity index (χ0n) is 21.6. The first-order chi connectivity index (χ1) is 19.8. The number of halogens is 7. The average molecular weight is 635 g/mol. The third-order valence-electron chi connectivity index (χ3n) is 6.04. The van der Waals surface area contributed by atoms with Crippen molar-refractivity contribution in [2.45, 2.75) is 44.3 Å². The molecular weight excluding hydrogens is 609 g/mol. The summed E-state index contributed by atoms with van der Waals surface area (Å²) in [6, 6.07) is 8.39. The maximum atomic E-state index is 13.2. The Morgan fingerprint density at radius 2 is 1.14 bits per heavy atom. The molecule has 3 aromatic carbocycles. The molecule has 0 unspecified atom stereocenters. The molecule has 1 aliphatic carbocycles. The molecule has 1 fully saturated rings. The predicted molar refractivity (Wildman–Crippen MR) is 154 cm³/mol. The average Bonchev–Trinajstić information content (AvgIpc) is 2.94. The van der Waals surface area contributed by atoms with E-state index in [0.29, 0.717) is 11.2 Å². The fraction of sp³-hybridized carbons (Fsp3) is 0.259. The number of hydrogen-bond donors (Lipinski definition) is 6. The lowest BCUT2D eigenvalue weighted by Crippen LogP contribution is -2.38. The zero-order valence-corrected chi connectivity index (χ0v) is 23.2. The molecule has 0 saturated heterocycles. The molecule has 0 amide bonds. The van der Waals surface area contributed by atoms with Crippen molar-refractivity contribution >= 4 is 51.7 Å². The number of phenols is 2. The summed E-state index contributed by atoms with van der Waals surface area (Å²) in [6.45, 7) is 0. The third-order valence-corrected chi connectivity index (χ3v) is 6.47. The van der Waals surface area contributed by atoms with Crippen LogP contribution in [0.1, 0.15) is 37.7 Å². The van der Waals surface area contributed by atoms with Gasteiger partial charge >= 0.3 is 6.18 Å². The third kappa shape index (κ3) is 9.08. The van der Waals surface area contributed by atoms with Gasteiger partial charge in [0.2, 0.25) is 11.6 Å². The van der Waals surface area contributed by atoms with E-state index in [1.165, 1.54) is 12.5 Å². The molecule has 226 valence electrons. The second-order valence-electron chi connectivity index (χ2n) is 9.10. The molecule has 6 nitrogen and oxygen atoms in total. The fourth-order valence-electron chi connectivity index (χ4n) is 3.90. The highest BCUT2D eigenvalue weighted by molar-refractivity contribution is 7.80. The maximum absolute atomic E-state index is 13.2. The number of anilines is 3. The van der Waals surface area contributed by atoms with Crippen LogP contribution in [0.4, 0.5) is 47.8 Å². The SMILES string of the molecule is Oc1c(NC(=S)NC2CCCCC2)ccc(F)c1F.Oc1c(NC(=S)Nc2ccc(C(F)(F)F)cc2)ccc(F)c1F. The van der Waals surface area contributed by atoms with Crippen molar-refractivity contribution in [1.29, 1.82) is 0 Å². The molecule has 0 aromatic heterocycles. The molecule has 0 heterocycles. The van der Waals surface area contributed by atoms with Crippen LogP contribution in [-0.4, -0.2) is 26.5 Å². The number of aromatic hydroxyl groups is 2. The van der Waals surface area contributed by atoms with Gasteiger partial charge in [-0.3, -0.25) is 0 Å². The van der Waals surface area contributed by atoms with Crippen LogP contribution in [-0.2, 0) is 6.18 Å². The summed E-state index contributed by atoms with van der Waals surface area (Å²) in [4.78, 5) is 0. The molecule has 0 spiro atoms. The van der Waals surface area contributed by atoms with Crippen molar-refractivity contribution in [2.24, 2.45) is 0 Å². The largest absolute Gasteiger partial charge is 0.503 e. The van der Waals surface area contributed by atoms with Crippen LogP contribution in [0.3, 0.4) is 0 Å². The van der Waals surface area contributed by atoms with Gasteiger partial charge in [0, 0.05) is 11.7 Å². The molecule has 0 atom stereocenters. The normalized spacial score (nSPS) is 13.4. The number of nitrogens with one attached hydrogen (secondary N) is 4. The Kier molecular flexibility index (Phi) is 11.2. The standard InChI is InChI=1S/C14H9F5N2OS.C13H16F2N2OS/c15-9-5-6-10(12(22)11(9)16)21-13(23)20-8-3-1-7(2-4-8)14(17,18)19;14-9-6-7-10(12(18)11(9)15)17-13(19)16-8-4-2-1-3-5-8/h1-6,22H,(H2,20,21,23);6-8,18H,1-5H2,(H2,16,17,19). The summed E-state index contributed by atoms with van der Waals surface area (Å²) in [5.41, 5.74) is -0.696. The summed E-state index contributed by atoms with van der Waals surface area (Å²) in [6.07, 6.45) is 1.21. The second-order valence-corrected chi connectivity index (χ2v) is 9.92. The number of alkyl halides is 3. The smallest absolute Gasteiger partial charge is 0.416 e. The Hall–Kier alpha value is -3.85. The van der Waals surface area contributed by atoms with E-state index in [9.17, 15) is 40.9 Å². The quantitative estimate of drug-likeness (QED) is 0.0986. The van der Waals surface area contributed by atoms with Crippen molar-refractivity contribution in [2.75, 3.05) is 16.0 Å². The lowest BCUT2D eigenvalue weighted by molar-refractivity contribution is -0.137. The Morgan fingerprint density at radius 1 is 0.667 bits per heavy atom. The van der Waals surface area contributed by atoms with E-state index < -0.39 is 46.5 Å². The summed E-state index contributed by atoms with van der Waals surface area (Å²) < 4.78 is 89.4. The van der Waals surface area contributed by atoms with Gasteiger partial charge in [-0.1, -0.05) is 19.3 Å². The van der Waals surface area contributed by atoms with Crippen LogP contribution in [0.25, 0.3) is 0 Å². The molecule has 0 radical (unpaired) electrons. The Morgan fingerprint density at radius 3 is 1.62 bits per heavy atom. The molecule has 1 saturated carbocycles. The van der Waals surface area contributed by atoms with Gasteiger partial charge in [-0.05, 0) is 85.8 Å². The Bertz CT molecular complexity index is 1420. The van der Waals surface area contributed by atoms with Crippen molar-refractivity contribution in [1.82, 2.24) is 5.32 Å². The maximum Gasteiger partial charge on any atom is 0.416 e. The van der Waals surface area contributed by atoms with Crippen LogP contribution < -0.4 is 21.3 Å². The number of phenolic OH excluding ortho intramolecular Hbond substituents is 2.